The minimum atomic E-state index is 0.566. The number of rotatable bonds is 8. The molecule has 7 aromatic rings. The van der Waals surface area contributed by atoms with Gasteiger partial charge in [0.2, 0.25) is 0 Å². The van der Waals surface area contributed by atoms with Crippen molar-refractivity contribution in [3.05, 3.63) is 146 Å². The van der Waals surface area contributed by atoms with Crippen LogP contribution < -0.4 is 20.2 Å². The van der Waals surface area contributed by atoms with Crippen molar-refractivity contribution in [1.82, 2.24) is 30.0 Å². The first-order chi connectivity index (χ1) is 20.8. The fraction of sp³-hybridized carbons (Fsp3) is 0. The van der Waals surface area contributed by atoms with Crippen LogP contribution in [0, 0.1) is 0 Å². The zero-order valence-corrected chi connectivity index (χ0v) is 22.4. The number of tetrazole rings is 2. The minimum absolute atomic E-state index is 0.566. The van der Waals surface area contributed by atoms with E-state index >= 15 is 0 Å². The molecule has 5 aromatic carbocycles. The Bertz CT molecular complexity index is 1780. The third-order valence-electron chi connectivity index (χ3n) is 6.48. The number of anilines is 4. The molecule has 202 valence electrons. The topological polar surface area (TPSA) is 93.2 Å². The summed E-state index contributed by atoms with van der Waals surface area (Å²) in [6.45, 7) is 0. The maximum absolute atomic E-state index is 4.76. The third kappa shape index (κ3) is 5.19. The molecule has 0 aliphatic rings. The molecule has 0 saturated heterocycles. The van der Waals surface area contributed by atoms with E-state index in [1.807, 2.05) is 146 Å². The van der Waals surface area contributed by atoms with Crippen LogP contribution in [0.15, 0.2) is 146 Å². The van der Waals surface area contributed by atoms with Gasteiger partial charge in [-0.3, -0.25) is 0 Å². The highest BCUT2D eigenvalue weighted by Crippen LogP contribution is 2.23. The number of nitrogens with one attached hydrogen (secondary N) is 2. The van der Waals surface area contributed by atoms with Gasteiger partial charge in [-0.25, -0.2) is 0 Å². The van der Waals surface area contributed by atoms with Crippen molar-refractivity contribution in [3.63, 3.8) is 0 Å². The minimum Gasteiger partial charge on any atom is -0.301 e. The number of hydrogen-bond acceptors (Lipinski definition) is 6. The Labute approximate surface area is 241 Å². The predicted octanol–water partition coefficient (Wildman–Crippen LogP) is 4.89. The van der Waals surface area contributed by atoms with Gasteiger partial charge in [-0.2, -0.15) is 0 Å². The molecule has 0 radical (unpaired) electrons. The number of hydrogen-bond donors (Lipinski definition) is 2. The van der Waals surface area contributed by atoms with Crippen molar-refractivity contribution < 1.29 is 9.59 Å². The van der Waals surface area contributed by atoms with E-state index < -0.39 is 0 Å². The fourth-order valence-electron chi connectivity index (χ4n) is 4.47. The summed E-state index contributed by atoms with van der Waals surface area (Å²) in [7, 11) is 0. The maximum atomic E-state index is 4.76. The van der Waals surface area contributed by atoms with E-state index in [0.717, 1.165) is 34.1 Å². The van der Waals surface area contributed by atoms with Gasteiger partial charge in [0.15, 0.2) is 22.7 Å². The molecule has 0 atom stereocenters. The van der Waals surface area contributed by atoms with E-state index in [1.54, 1.807) is 19.0 Å². The van der Waals surface area contributed by atoms with Crippen LogP contribution in [0.4, 0.5) is 23.3 Å². The Morgan fingerprint density at radius 3 is 1.21 bits per heavy atom. The van der Waals surface area contributed by atoms with Crippen molar-refractivity contribution in [2.45, 2.75) is 0 Å². The lowest BCUT2D eigenvalue weighted by Gasteiger charge is -2.06. The normalized spacial score (nSPS) is 10.9. The molecule has 0 aliphatic heterocycles. The Kier molecular flexibility index (Phi) is 6.59. The maximum Gasteiger partial charge on any atom is 0.365 e. The third-order valence-corrected chi connectivity index (χ3v) is 6.48. The lowest BCUT2D eigenvalue weighted by atomic mass is 10.3. The lowest BCUT2D eigenvalue weighted by molar-refractivity contribution is -0.717. The summed E-state index contributed by atoms with van der Waals surface area (Å²) in [5, 5.41) is 25.9. The van der Waals surface area contributed by atoms with Gasteiger partial charge in [0, 0.05) is 31.2 Å². The quantitative estimate of drug-likeness (QED) is 0.262. The molecule has 2 aromatic heterocycles. The summed E-state index contributed by atoms with van der Waals surface area (Å²) in [6.07, 6.45) is 0. The molecule has 0 aliphatic carbocycles. The SMILES string of the molecule is c1ccc(-n2n[n+](-c3ccccc3)nc2Nc2cccc(Nc3n[n+](-c4ccccc4)nn3-c3ccccc3)c2)cc1. The highest BCUT2D eigenvalue weighted by atomic mass is 15.7. The molecule has 0 spiro atoms. The molecule has 42 heavy (non-hydrogen) atoms. The highest BCUT2D eigenvalue weighted by Gasteiger charge is 2.24. The van der Waals surface area contributed by atoms with E-state index in [0.29, 0.717) is 11.9 Å². The molecule has 10 heteroatoms. The first-order valence-corrected chi connectivity index (χ1v) is 13.5. The van der Waals surface area contributed by atoms with Crippen molar-refractivity contribution in [3.8, 4) is 22.7 Å². The van der Waals surface area contributed by atoms with Crippen LogP contribution in [0.1, 0.15) is 0 Å². The molecule has 0 amide bonds. The van der Waals surface area contributed by atoms with Crippen LogP contribution in [0.5, 0.6) is 0 Å². The molecule has 2 N–H and O–H groups in total. The van der Waals surface area contributed by atoms with Crippen LogP contribution in [-0.2, 0) is 0 Å². The molecule has 0 fully saturated rings. The molecular formula is C32H26N10+2. The van der Waals surface area contributed by atoms with E-state index in [9.17, 15) is 0 Å². The summed E-state index contributed by atoms with van der Waals surface area (Å²) in [5.74, 6) is 1.13. The van der Waals surface area contributed by atoms with Crippen LogP contribution in [0.2, 0.25) is 0 Å². The number of aromatic nitrogens is 8. The predicted molar refractivity (Wildman–Crippen MR) is 159 cm³/mol. The summed E-state index contributed by atoms with van der Waals surface area (Å²) in [4.78, 5) is 3.23. The van der Waals surface area contributed by atoms with Crippen LogP contribution >= 0.6 is 0 Å². The van der Waals surface area contributed by atoms with E-state index in [-0.39, 0.29) is 0 Å². The Morgan fingerprint density at radius 1 is 0.429 bits per heavy atom. The molecule has 7 rings (SSSR count). The van der Waals surface area contributed by atoms with Crippen molar-refractivity contribution in [1.29, 1.82) is 0 Å². The molecule has 2 heterocycles. The van der Waals surface area contributed by atoms with E-state index in [2.05, 4.69) is 10.6 Å². The van der Waals surface area contributed by atoms with Crippen molar-refractivity contribution in [2.75, 3.05) is 10.6 Å². The summed E-state index contributed by atoms with van der Waals surface area (Å²) < 4.78 is 3.56. The van der Waals surface area contributed by atoms with Gasteiger partial charge in [0.1, 0.15) is 10.4 Å². The van der Waals surface area contributed by atoms with Crippen LogP contribution in [0.3, 0.4) is 0 Å². The van der Waals surface area contributed by atoms with Gasteiger partial charge < -0.3 is 10.6 Å². The lowest BCUT2D eigenvalue weighted by Crippen LogP contribution is -2.36. The monoisotopic (exact) mass is 550 g/mol. The number of nitrogens with zero attached hydrogens (tertiary/aromatic N) is 8. The average molecular weight is 551 g/mol. The average Bonchev–Trinajstić information content (AvgIpc) is 3.68. The van der Waals surface area contributed by atoms with Gasteiger partial charge in [0.25, 0.3) is 0 Å². The molecule has 10 nitrogen and oxygen atoms in total. The smallest absolute Gasteiger partial charge is 0.301 e. The first kappa shape index (κ1) is 24.9. The van der Waals surface area contributed by atoms with Crippen LogP contribution in [-0.4, -0.2) is 30.0 Å². The summed E-state index contributed by atoms with van der Waals surface area (Å²) in [6, 6.07) is 47.4. The molecule has 0 unspecified atom stereocenters. The zero-order valence-electron chi connectivity index (χ0n) is 22.4. The Hall–Kier alpha value is -6.16. The standard InChI is InChI=1S/C32H26N10/c1-5-16-27(17-6-1)39-31(35-41(37-39)29-20-9-3-10-21-29)33-25-14-13-15-26(24-25)34-32-36-42(30-22-11-4-12-23-30)38-40(32)28-18-7-2-8-19-28/h1-24H,(H,33,35,37)(H,34,36,38)/q+2. The van der Waals surface area contributed by atoms with Gasteiger partial charge in [0.05, 0.1) is 0 Å². The van der Waals surface area contributed by atoms with Gasteiger partial charge in [-0.05, 0) is 66.7 Å². The van der Waals surface area contributed by atoms with Crippen LogP contribution in [0.25, 0.3) is 22.7 Å². The highest BCUT2D eigenvalue weighted by molar-refractivity contribution is 5.65. The second-order valence-electron chi connectivity index (χ2n) is 9.40. The molecule has 0 bridgehead atoms. The fourth-order valence-corrected chi connectivity index (χ4v) is 4.47. The van der Waals surface area contributed by atoms with Crippen molar-refractivity contribution in [2.24, 2.45) is 0 Å². The van der Waals surface area contributed by atoms with E-state index in [1.165, 1.54) is 0 Å². The van der Waals surface area contributed by atoms with E-state index in [4.69, 9.17) is 20.6 Å². The summed E-state index contributed by atoms with van der Waals surface area (Å²) in [5.41, 5.74) is 5.14. The van der Waals surface area contributed by atoms with Gasteiger partial charge >= 0.3 is 11.9 Å². The zero-order chi connectivity index (χ0) is 28.1. The Morgan fingerprint density at radius 2 is 0.810 bits per heavy atom. The second-order valence-corrected chi connectivity index (χ2v) is 9.40. The largest absolute Gasteiger partial charge is 0.365 e. The number of benzene rings is 5. The summed E-state index contributed by atoms with van der Waals surface area (Å²) >= 11 is 0. The van der Waals surface area contributed by atoms with Gasteiger partial charge in [-0.1, -0.05) is 88.2 Å². The van der Waals surface area contributed by atoms with Gasteiger partial charge in [-0.15, -0.1) is 0 Å². The molecular weight excluding hydrogens is 524 g/mol. The molecule has 0 saturated carbocycles. The second kappa shape index (κ2) is 11.1. The number of para-hydroxylation sites is 4. The Balaban J connectivity index is 1.22. The van der Waals surface area contributed by atoms with Crippen molar-refractivity contribution >= 4 is 23.3 Å². The first-order valence-electron chi connectivity index (χ1n) is 13.5.